The van der Waals surface area contributed by atoms with E-state index >= 15 is 0 Å². The number of hydrogen-bond donors (Lipinski definition) is 0. The highest BCUT2D eigenvalue weighted by Gasteiger charge is 2.38. The number of benzene rings is 2. The minimum Gasteiger partial charge on any atom is -0.326 e. The maximum absolute atomic E-state index is 4.86. The maximum atomic E-state index is 4.86. The molecule has 0 saturated heterocycles. The van der Waals surface area contributed by atoms with Crippen LogP contribution >= 0.6 is 0 Å². The molecular weight excluding hydrogens is 284 g/mol. The summed E-state index contributed by atoms with van der Waals surface area (Å²) in [7, 11) is 2.04. The highest BCUT2D eigenvalue weighted by atomic mass is 15.5. The van der Waals surface area contributed by atoms with Crippen molar-refractivity contribution in [2.75, 3.05) is 7.05 Å². The molecule has 0 spiro atoms. The van der Waals surface area contributed by atoms with Gasteiger partial charge in [-0.1, -0.05) is 60.7 Å². The van der Waals surface area contributed by atoms with Crippen LogP contribution in [-0.2, 0) is 0 Å². The summed E-state index contributed by atoms with van der Waals surface area (Å²) in [6.45, 7) is 0. The Labute approximate surface area is 135 Å². The van der Waals surface area contributed by atoms with Crippen molar-refractivity contribution >= 4 is 5.71 Å². The van der Waals surface area contributed by atoms with Gasteiger partial charge in [0, 0.05) is 19.4 Å². The van der Waals surface area contributed by atoms with E-state index in [1.165, 1.54) is 5.56 Å². The van der Waals surface area contributed by atoms with Crippen LogP contribution in [0.4, 0.5) is 0 Å². The lowest BCUT2D eigenvalue weighted by Gasteiger charge is -2.26. The molecule has 0 aliphatic carbocycles. The molecule has 0 unspecified atom stereocenters. The van der Waals surface area contributed by atoms with E-state index in [9.17, 15) is 0 Å². The highest BCUT2D eigenvalue weighted by molar-refractivity contribution is 6.04. The number of aromatic nitrogens is 2. The van der Waals surface area contributed by atoms with E-state index in [2.05, 4.69) is 63.1 Å². The molecule has 0 N–H and O–H groups in total. The van der Waals surface area contributed by atoms with Gasteiger partial charge in [0.2, 0.25) is 0 Å². The molecule has 1 aromatic heterocycles. The van der Waals surface area contributed by atoms with Crippen LogP contribution in [0.1, 0.15) is 23.2 Å². The van der Waals surface area contributed by atoms with Crippen molar-refractivity contribution in [3.8, 4) is 0 Å². The lowest BCUT2D eigenvalue weighted by Crippen LogP contribution is -2.26. The summed E-state index contributed by atoms with van der Waals surface area (Å²) in [6, 6.07) is 21.2. The Morgan fingerprint density at radius 3 is 2.22 bits per heavy atom. The van der Waals surface area contributed by atoms with E-state index in [4.69, 9.17) is 5.10 Å². The van der Waals surface area contributed by atoms with Crippen LogP contribution in [0, 0.1) is 0 Å². The predicted octanol–water partition coefficient (Wildman–Crippen LogP) is 3.52. The minimum atomic E-state index is 0.104. The van der Waals surface area contributed by atoms with Crippen LogP contribution in [0.15, 0.2) is 84.5 Å². The van der Waals surface area contributed by atoms with Crippen LogP contribution in [0.25, 0.3) is 0 Å². The number of rotatable bonds is 3. The van der Waals surface area contributed by atoms with Gasteiger partial charge in [-0.15, -0.1) is 0 Å². The van der Waals surface area contributed by atoms with Gasteiger partial charge in [0.1, 0.15) is 6.04 Å². The first-order valence-corrected chi connectivity index (χ1v) is 7.74. The van der Waals surface area contributed by atoms with Gasteiger partial charge in [-0.2, -0.15) is 5.10 Å². The zero-order valence-electron chi connectivity index (χ0n) is 12.9. The summed E-state index contributed by atoms with van der Waals surface area (Å²) in [5.74, 6) is 0. The number of hydrogen-bond acceptors (Lipinski definition) is 3. The average molecular weight is 302 g/mol. The van der Waals surface area contributed by atoms with Gasteiger partial charge in [0.15, 0.2) is 0 Å². The van der Waals surface area contributed by atoms with Crippen molar-refractivity contribution in [3.63, 3.8) is 0 Å². The van der Waals surface area contributed by atoms with Gasteiger partial charge >= 0.3 is 0 Å². The second kappa shape index (κ2) is 5.72. The monoisotopic (exact) mass is 302 g/mol. The largest absolute Gasteiger partial charge is 0.326 e. The summed E-state index contributed by atoms with van der Waals surface area (Å²) in [6.07, 6.45) is 5.71. The van der Waals surface area contributed by atoms with Crippen LogP contribution in [0.2, 0.25) is 0 Å². The van der Waals surface area contributed by atoms with E-state index in [1.54, 1.807) is 0 Å². The highest BCUT2D eigenvalue weighted by Crippen LogP contribution is 2.39. The Morgan fingerprint density at radius 2 is 1.57 bits per heavy atom. The molecule has 0 fully saturated rings. The molecule has 3 aromatic rings. The third-order valence-electron chi connectivity index (χ3n) is 4.30. The molecule has 4 rings (SSSR count). The predicted molar refractivity (Wildman–Crippen MR) is 91.2 cm³/mol. The second-order valence-corrected chi connectivity index (χ2v) is 5.74. The fourth-order valence-corrected chi connectivity index (χ4v) is 3.27. The molecular formula is C19H18N4. The SMILES string of the molecule is CN1N=C(c2ccccc2)[C@@H](n2ccnc2)[C@H]1c1ccccc1. The molecule has 2 atom stereocenters. The molecule has 0 radical (unpaired) electrons. The minimum absolute atomic E-state index is 0.104. The summed E-state index contributed by atoms with van der Waals surface area (Å²) < 4.78 is 2.15. The number of imidazole rings is 1. The summed E-state index contributed by atoms with van der Waals surface area (Å²) in [4.78, 5) is 4.24. The fourth-order valence-electron chi connectivity index (χ4n) is 3.27. The molecule has 4 nitrogen and oxygen atoms in total. The number of nitrogens with zero attached hydrogens (tertiary/aromatic N) is 4. The maximum Gasteiger partial charge on any atom is 0.105 e. The third-order valence-corrected chi connectivity index (χ3v) is 4.30. The fraction of sp³-hybridized carbons (Fsp3) is 0.158. The zero-order valence-corrected chi connectivity index (χ0v) is 12.9. The third kappa shape index (κ3) is 2.42. The van der Waals surface area contributed by atoms with Gasteiger partial charge in [0.05, 0.1) is 18.1 Å². The van der Waals surface area contributed by atoms with Crippen LogP contribution < -0.4 is 0 Å². The summed E-state index contributed by atoms with van der Waals surface area (Å²) in [5, 5.41) is 6.91. The van der Waals surface area contributed by atoms with Gasteiger partial charge in [0.25, 0.3) is 0 Å². The molecule has 114 valence electrons. The average Bonchev–Trinajstić information content (AvgIpc) is 3.24. The molecule has 2 aromatic carbocycles. The lowest BCUT2D eigenvalue weighted by atomic mass is 9.93. The van der Waals surface area contributed by atoms with E-state index in [-0.39, 0.29) is 12.1 Å². The molecule has 1 aliphatic heterocycles. The van der Waals surface area contributed by atoms with Gasteiger partial charge in [-0.05, 0) is 11.1 Å². The molecule has 4 heteroatoms. The topological polar surface area (TPSA) is 33.4 Å². The van der Waals surface area contributed by atoms with Gasteiger partial charge in [-0.3, -0.25) is 5.01 Å². The van der Waals surface area contributed by atoms with Crippen molar-refractivity contribution in [1.29, 1.82) is 0 Å². The normalized spacial score (nSPS) is 20.6. The van der Waals surface area contributed by atoms with Crippen molar-refractivity contribution in [1.82, 2.24) is 14.6 Å². The summed E-state index contributed by atoms with van der Waals surface area (Å²) >= 11 is 0. The lowest BCUT2D eigenvalue weighted by molar-refractivity contribution is 0.250. The van der Waals surface area contributed by atoms with E-state index in [1.807, 2.05) is 37.9 Å². The van der Waals surface area contributed by atoms with Crippen LogP contribution in [-0.4, -0.2) is 27.3 Å². The first-order chi connectivity index (χ1) is 11.3. The van der Waals surface area contributed by atoms with E-state index in [0.29, 0.717) is 0 Å². The molecule has 0 saturated carbocycles. The van der Waals surface area contributed by atoms with Gasteiger partial charge < -0.3 is 4.57 Å². The quantitative estimate of drug-likeness (QED) is 0.742. The Kier molecular flexibility index (Phi) is 3.42. The van der Waals surface area contributed by atoms with Crippen molar-refractivity contribution < 1.29 is 0 Å². The first kappa shape index (κ1) is 13.8. The van der Waals surface area contributed by atoms with Crippen molar-refractivity contribution in [3.05, 3.63) is 90.5 Å². The van der Waals surface area contributed by atoms with Crippen molar-refractivity contribution in [2.45, 2.75) is 12.1 Å². The smallest absolute Gasteiger partial charge is 0.105 e. The first-order valence-electron chi connectivity index (χ1n) is 7.74. The number of likely N-dealkylation sites (N-methyl/N-ethyl adjacent to an activating group) is 1. The molecule has 0 bridgehead atoms. The van der Waals surface area contributed by atoms with Crippen molar-refractivity contribution in [2.24, 2.45) is 5.10 Å². The van der Waals surface area contributed by atoms with Gasteiger partial charge in [-0.25, -0.2) is 4.98 Å². The Hall–Kier alpha value is -2.88. The Morgan fingerprint density at radius 1 is 0.870 bits per heavy atom. The second-order valence-electron chi connectivity index (χ2n) is 5.74. The molecule has 23 heavy (non-hydrogen) atoms. The number of hydrazone groups is 1. The Bertz CT molecular complexity index is 794. The van der Waals surface area contributed by atoms with E-state index < -0.39 is 0 Å². The molecule has 0 amide bonds. The zero-order chi connectivity index (χ0) is 15.6. The summed E-state index contributed by atoms with van der Waals surface area (Å²) in [5.41, 5.74) is 3.47. The molecule has 1 aliphatic rings. The van der Waals surface area contributed by atoms with Crippen LogP contribution in [0.5, 0.6) is 0 Å². The van der Waals surface area contributed by atoms with E-state index in [0.717, 1.165) is 11.3 Å². The molecule has 2 heterocycles. The van der Waals surface area contributed by atoms with Crippen LogP contribution in [0.3, 0.4) is 0 Å². The Balaban J connectivity index is 1.83. The standard InChI is InChI=1S/C19H18N4/c1-22-18(16-10-6-3-7-11-16)19(23-13-12-20-14-23)17(21-22)15-8-4-2-5-9-15/h2-14,18-19H,1H3/t18-,19-/m1/s1.